The highest BCUT2D eigenvalue weighted by atomic mass is 16.1. The van der Waals surface area contributed by atoms with Crippen LogP contribution >= 0.6 is 0 Å². The number of carbonyl (C=O) groups is 1. The predicted molar refractivity (Wildman–Crippen MR) is 75.7 cm³/mol. The number of fused-ring (bicyclic) bond motifs is 1. The van der Waals surface area contributed by atoms with Crippen molar-refractivity contribution in [1.82, 2.24) is 5.32 Å². The first-order valence-corrected chi connectivity index (χ1v) is 6.16. The van der Waals surface area contributed by atoms with E-state index in [1.807, 2.05) is 48.5 Å². The molecule has 2 N–H and O–H groups in total. The normalized spacial score (nSPS) is 9.84. The van der Waals surface area contributed by atoms with Gasteiger partial charge in [0.25, 0.3) is 0 Å². The van der Waals surface area contributed by atoms with Gasteiger partial charge in [-0.3, -0.25) is 4.79 Å². The van der Waals surface area contributed by atoms with Gasteiger partial charge in [-0.25, -0.2) is 0 Å². The molecule has 0 radical (unpaired) electrons. The largest absolute Gasteiger partial charge is 0.376 e. The molecule has 0 heterocycles. The van der Waals surface area contributed by atoms with Crippen LogP contribution in [0.15, 0.2) is 42.5 Å². The molecule has 0 aromatic heterocycles. The minimum atomic E-state index is -0.108. The van der Waals surface area contributed by atoms with Gasteiger partial charge >= 0.3 is 0 Å². The Hall–Kier alpha value is -2.54. The van der Waals surface area contributed by atoms with Crippen LogP contribution in [-0.2, 0) is 4.79 Å². The predicted octanol–water partition coefficient (Wildman–Crippen LogP) is 2.28. The zero-order valence-electron chi connectivity index (χ0n) is 10.5. The molecule has 2 aromatic carbocycles. The molecule has 0 unspecified atom stereocenters. The smallest absolute Gasteiger partial charge is 0.239 e. The molecule has 0 fully saturated rings. The Balaban J connectivity index is 1.98. The molecular formula is C15H15N3O. The Morgan fingerprint density at radius 3 is 2.79 bits per heavy atom. The van der Waals surface area contributed by atoms with Crippen LogP contribution in [0.4, 0.5) is 5.69 Å². The number of nitrogens with zero attached hydrogens (tertiary/aromatic N) is 1. The Morgan fingerprint density at radius 2 is 1.95 bits per heavy atom. The standard InChI is InChI=1S/C15H15N3O/c16-9-4-10-17-15(19)11-18-14-8-3-6-12-5-1-2-7-13(12)14/h1-3,5-8,18H,4,10-11H2,(H,17,19). The fraction of sp³-hybridized carbons (Fsp3) is 0.200. The van der Waals surface area contributed by atoms with Gasteiger partial charge in [-0.05, 0) is 11.5 Å². The number of carbonyl (C=O) groups excluding carboxylic acids is 1. The molecule has 0 saturated carbocycles. The number of nitrogens with one attached hydrogen (secondary N) is 2. The van der Waals surface area contributed by atoms with Gasteiger partial charge in [-0.2, -0.15) is 5.26 Å². The minimum Gasteiger partial charge on any atom is -0.376 e. The minimum absolute atomic E-state index is 0.108. The molecule has 4 nitrogen and oxygen atoms in total. The second kappa shape index (κ2) is 6.41. The molecule has 0 spiro atoms. The van der Waals surface area contributed by atoms with Crippen molar-refractivity contribution in [3.8, 4) is 6.07 Å². The van der Waals surface area contributed by atoms with E-state index in [2.05, 4.69) is 10.6 Å². The lowest BCUT2D eigenvalue weighted by molar-refractivity contribution is -0.119. The maximum absolute atomic E-state index is 11.5. The van der Waals surface area contributed by atoms with Gasteiger partial charge in [0.2, 0.25) is 5.91 Å². The summed E-state index contributed by atoms with van der Waals surface area (Å²) in [5.41, 5.74) is 0.938. The Bertz CT molecular complexity index is 611. The van der Waals surface area contributed by atoms with E-state index >= 15 is 0 Å². The summed E-state index contributed by atoms with van der Waals surface area (Å²) in [5, 5.41) is 16.4. The first-order valence-electron chi connectivity index (χ1n) is 6.16. The maximum Gasteiger partial charge on any atom is 0.239 e. The highest BCUT2D eigenvalue weighted by Crippen LogP contribution is 2.22. The van der Waals surface area contributed by atoms with Crippen molar-refractivity contribution in [3.05, 3.63) is 42.5 Å². The maximum atomic E-state index is 11.5. The zero-order chi connectivity index (χ0) is 13.5. The third-order valence-corrected chi connectivity index (χ3v) is 2.79. The van der Waals surface area contributed by atoms with Crippen molar-refractivity contribution in [2.75, 3.05) is 18.4 Å². The van der Waals surface area contributed by atoms with Crippen LogP contribution in [0.1, 0.15) is 6.42 Å². The van der Waals surface area contributed by atoms with Gasteiger partial charge in [0, 0.05) is 17.6 Å². The van der Waals surface area contributed by atoms with Crippen LogP contribution in [-0.4, -0.2) is 19.0 Å². The summed E-state index contributed by atoms with van der Waals surface area (Å²) in [5.74, 6) is -0.108. The summed E-state index contributed by atoms with van der Waals surface area (Å²) in [6.07, 6.45) is 0.333. The van der Waals surface area contributed by atoms with Crippen LogP contribution in [0, 0.1) is 11.3 Å². The van der Waals surface area contributed by atoms with E-state index in [1.54, 1.807) is 0 Å². The first kappa shape index (κ1) is 12.9. The van der Waals surface area contributed by atoms with E-state index in [9.17, 15) is 4.79 Å². The third kappa shape index (κ3) is 3.46. The number of benzene rings is 2. The molecule has 4 heteroatoms. The van der Waals surface area contributed by atoms with Crippen molar-refractivity contribution >= 4 is 22.4 Å². The second-order valence-corrected chi connectivity index (χ2v) is 4.14. The highest BCUT2D eigenvalue weighted by Gasteiger charge is 2.03. The number of hydrogen-bond acceptors (Lipinski definition) is 3. The molecule has 1 amide bonds. The summed E-state index contributed by atoms with van der Waals surface area (Å²) in [6.45, 7) is 0.603. The molecule has 96 valence electrons. The number of nitriles is 1. The second-order valence-electron chi connectivity index (χ2n) is 4.14. The topological polar surface area (TPSA) is 64.9 Å². The van der Waals surface area contributed by atoms with Crippen LogP contribution in [0.2, 0.25) is 0 Å². The fourth-order valence-electron chi connectivity index (χ4n) is 1.88. The van der Waals surface area contributed by atoms with Crippen LogP contribution < -0.4 is 10.6 Å². The van der Waals surface area contributed by atoms with Crippen molar-refractivity contribution in [2.24, 2.45) is 0 Å². The lowest BCUT2D eigenvalue weighted by Crippen LogP contribution is -2.30. The SMILES string of the molecule is N#CCCNC(=O)CNc1cccc2ccccc12. The number of amides is 1. The van der Waals surface area contributed by atoms with E-state index in [0.29, 0.717) is 13.0 Å². The van der Waals surface area contributed by atoms with E-state index in [0.717, 1.165) is 16.5 Å². The van der Waals surface area contributed by atoms with Gasteiger partial charge < -0.3 is 10.6 Å². The quantitative estimate of drug-likeness (QED) is 0.803. The monoisotopic (exact) mass is 253 g/mol. The van der Waals surface area contributed by atoms with Crippen molar-refractivity contribution in [1.29, 1.82) is 5.26 Å². The van der Waals surface area contributed by atoms with Crippen LogP contribution in [0.3, 0.4) is 0 Å². The van der Waals surface area contributed by atoms with E-state index in [1.165, 1.54) is 0 Å². The zero-order valence-corrected chi connectivity index (χ0v) is 10.5. The molecule has 2 rings (SSSR count). The summed E-state index contributed by atoms with van der Waals surface area (Å²) in [6, 6.07) is 15.9. The Morgan fingerprint density at radius 1 is 1.16 bits per heavy atom. The molecule has 0 saturated heterocycles. The summed E-state index contributed by atoms with van der Waals surface area (Å²) < 4.78 is 0. The summed E-state index contributed by atoms with van der Waals surface area (Å²) >= 11 is 0. The van der Waals surface area contributed by atoms with Gasteiger partial charge in [0.1, 0.15) is 0 Å². The number of rotatable bonds is 5. The number of anilines is 1. The van der Waals surface area contributed by atoms with Crippen LogP contribution in [0.5, 0.6) is 0 Å². The molecule has 0 bridgehead atoms. The Kier molecular flexibility index (Phi) is 4.35. The molecule has 0 aliphatic heterocycles. The van der Waals surface area contributed by atoms with Gasteiger partial charge in [0.05, 0.1) is 19.0 Å². The molecular weight excluding hydrogens is 238 g/mol. The van der Waals surface area contributed by atoms with Gasteiger partial charge in [-0.15, -0.1) is 0 Å². The van der Waals surface area contributed by atoms with Gasteiger partial charge in [0.15, 0.2) is 0 Å². The molecule has 0 atom stereocenters. The summed E-state index contributed by atoms with van der Waals surface area (Å²) in [7, 11) is 0. The molecule has 2 aromatic rings. The van der Waals surface area contributed by atoms with Crippen LogP contribution in [0.25, 0.3) is 10.8 Å². The van der Waals surface area contributed by atoms with Crippen molar-refractivity contribution in [2.45, 2.75) is 6.42 Å². The first-order chi connectivity index (χ1) is 9.31. The molecule has 0 aliphatic carbocycles. The van der Waals surface area contributed by atoms with E-state index in [4.69, 9.17) is 5.26 Å². The Labute approximate surface area is 112 Å². The number of hydrogen-bond donors (Lipinski definition) is 2. The lowest BCUT2D eigenvalue weighted by Gasteiger charge is -2.09. The van der Waals surface area contributed by atoms with Gasteiger partial charge in [-0.1, -0.05) is 36.4 Å². The molecule has 19 heavy (non-hydrogen) atoms. The molecule has 0 aliphatic rings. The third-order valence-electron chi connectivity index (χ3n) is 2.79. The van der Waals surface area contributed by atoms with Crippen molar-refractivity contribution < 1.29 is 4.79 Å². The average molecular weight is 253 g/mol. The summed E-state index contributed by atoms with van der Waals surface area (Å²) in [4.78, 5) is 11.5. The average Bonchev–Trinajstić information content (AvgIpc) is 2.45. The lowest BCUT2D eigenvalue weighted by atomic mass is 10.1. The fourth-order valence-corrected chi connectivity index (χ4v) is 1.88. The van der Waals surface area contributed by atoms with E-state index in [-0.39, 0.29) is 12.5 Å². The van der Waals surface area contributed by atoms with Crippen molar-refractivity contribution in [3.63, 3.8) is 0 Å². The highest BCUT2D eigenvalue weighted by molar-refractivity contribution is 5.95. The van der Waals surface area contributed by atoms with E-state index < -0.39 is 0 Å².